The number of rotatable bonds is 7. The highest BCUT2D eigenvalue weighted by Crippen LogP contribution is 2.23. The number of methoxy groups -OCH3 is 1. The van der Waals surface area contributed by atoms with E-state index in [0.29, 0.717) is 6.61 Å². The van der Waals surface area contributed by atoms with Crippen molar-refractivity contribution < 1.29 is 19.0 Å². The van der Waals surface area contributed by atoms with Gasteiger partial charge in [0.05, 0.1) is 6.61 Å². The molecule has 0 saturated heterocycles. The third-order valence-corrected chi connectivity index (χ3v) is 3.92. The van der Waals surface area contributed by atoms with Crippen LogP contribution >= 0.6 is 0 Å². The van der Waals surface area contributed by atoms with Gasteiger partial charge >= 0.3 is 5.97 Å². The van der Waals surface area contributed by atoms with Crippen LogP contribution in [0, 0.1) is 18.7 Å². The first-order chi connectivity index (χ1) is 11.9. The molecule has 0 amide bonds. The van der Waals surface area contributed by atoms with Crippen molar-refractivity contribution in [3.63, 3.8) is 0 Å². The van der Waals surface area contributed by atoms with Gasteiger partial charge in [-0.2, -0.15) is 0 Å². The van der Waals surface area contributed by atoms with Crippen LogP contribution in [0.4, 0.5) is 4.39 Å². The lowest BCUT2D eigenvalue weighted by molar-refractivity contribution is 0.0690. The van der Waals surface area contributed by atoms with Crippen molar-refractivity contribution >= 4 is 11.5 Å². The average Bonchev–Trinajstić information content (AvgIpc) is 2.57. The molecule has 0 bridgehead atoms. The van der Waals surface area contributed by atoms with Gasteiger partial charge < -0.3 is 9.84 Å². The number of ether oxygens (including phenoxy) is 1. The lowest BCUT2D eigenvalue weighted by atomic mass is 9.94. The first-order valence-electron chi connectivity index (χ1n) is 8.05. The predicted molar refractivity (Wildman–Crippen MR) is 95.1 cm³/mol. The second-order valence-corrected chi connectivity index (χ2v) is 6.12. The number of aromatic carboxylic acids is 1. The van der Waals surface area contributed by atoms with Crippen molar-refractivity contribution in [3.8, 4) is 0 Å². The molecule has 5 heteroatoms. The van der Waals surface area contributed by atoms with Gasteiger partial charge in [-0.25, -0.2) is 14.2 Å². The minimum absolute atomic E-state index is 0.00814. The molecule has 25 heavy (non-hydrogen) atoms. The molecule has 4 nitrogen and oxygen atoms in total. The summed E-state index contributed by atoms with van der Waals surface area (Å²) < 4.78 is 18.3. The fraction of sp³-hybridized carbons (Fsp3) is 0.300. The molecule has 0 saturated carbocycles. The van der Waals surface area contributed by atoms with Gasteiger partial charge in [0.1, 0.15) is 11.5 Å². The minimum Gasteiger partial charge on any atom is -0.477 e. The van der Waals surface area contributed by atoms with Crippen molar-refractivity contribution in [2.75, 3.05) is 13.7 Å². The Labute approximate surface area is 147 Å². The molecular formula is C20H22FNO3. The van der Waals surface area contributed by atoms with E-state index < -0.39 is 5.97 Å². The predicted octanol–water partition coefficient (Wildman–Crippen LogP) is 4.14. The molecule has 1 atom stereocenters. The lowest BCUT2D eigenvalue weighted by Crippen LogP contribution is -2.06. The molecule has 1 unspecified atom stereocenters. The van der Waals surface area contributed by atoms with Crippen molar-refractivity contribution in [3.05, 3.63) is 70.8 Å². The summed E-state index contributed by atoms with van der Waals surface area (Å²) in [7, 11) is 1.60. The molecule has 0 aliphatic carbocycles. The molecule has 1 aromatic heterocycles. The van der Waals surface area contributed by atoms with Crippen LogP contribution < -0.4 is 0 Å². The van der Waals surface area contributed by atoms with Crippen LogP contribution in [0.25, 0.3) is 5.57 Å². The van der Waals surface area contributed by atoms with Gasteiger partial charge in [0, 0.05) is 13.3 Å². The Morgan fingerprint density at radius 2 is 2.04 bits per heavy atom. The maximum absolute atomic E-state index is 13.0. The standard InChI is InChI=1S/C20H22FNO3/c1-13(8-15-4-6-17(21)7-5-15)9-16(12-25-3)18-10-19(20(23)24)22-11-14(18)2/h4-7,9-11,13H,8,12H2,1-3H3,(H,23,24)/b16-9-. The summed E-state index contributed by atoms with van der Waals surface area (Å²) in [4.78, 5) is 15.1. The Morgan fingerprint density at radius 3 is 2.64 bits per heavy atom. The molecule has 1 heterocycles. The summed E-state index contributed by atoms with van der Waals surface area (Å²) in [5.74, 6) is -1.13. The molecule has 132 valence electrons. The maximum atomic E-state index is 13.0. The summed E-state index contributed by atoms with van der Waals surface area (Å²) in [6, 6.07) is 8.03. The molecule has 1 aromatic carbocycles. The van der Waals surface area contributed by atoms with Crippen molar-refractivity contribution in [1.82, 2.24) is 4.98 Å². The van der Waals surface area contributed by atoms with E-state index in [0.717, 1.165) is 28.7 Å². The number of aromatic nitrogens is 1. The first kappa shape index (κ1) is 18.8. The van der Waals surface area contributed by atoms with Crippen LogP contribution in [-0.4, -0.2) is 29.8 Å². The van der Waals surface area contributed by atoms with E-state index in [4.69, 9.17) is 9.84 Å². The SMILES string of the molecule is COC/C(=C/C(C)Cc1ccc(F)cc1)c1cc(C(=O)O)ncc1C. The third kappa shape index (κ3) is 5.22. The largest absolute Gasteiger partial charge is 0.477 e. The Kier molecular flexibility index (Phi) is 6.42. The van der Waals surface area contributed by atoms with E-state index in [1.807, 2.05) is 6.92 Å². The van der Waals surface area contributed by atoms with Gasteiger partial charge in [-0.3, -0.25) is 0 Å². The molecule has 0 aliphatic heterocycles. The van der Waals surface area contributed by atoms with E-state index in [9.17, 15) is 9.18 Å². The number of carboxylic acids is 1. The van der Waals surface area contributed by atoms with Gasteiger partial charge in [0.25, 0.3) is 0 Å². The Balaban J connectivity index is 2.29. The summed E-state index contributed by atoms with van der Waals surface area (Å²) in [5, 5.41) is 9.17. The Bertz CT molecular complexity index is 769. The lowest BCUT2D eigenvalue weighted by Gasteiger charge is -2.14. The van der Waals surface area contributed by atoms with E-state index in [1.165, 1.54) is 12.1 Å². The van der Waals surface area contributed by atoms with E-state index in [1.54, 1.807) is 31.5 Å². The fourth-order valence-electron chi connectivity index (χ4n) is 2.75. The number of carboxylic acid groups (broad SMARTS) is 1. The van der Waals surface area contributed by atoms with Crippen molar-refractivity contribution in [2.45, 2.75) is 20.3 Å². The van der Waals surface area contributed by atoms with Crippen molar-refractivity contribution in [1.29, 1.82) is 0 Å². The topological polar surface area (TPSA) is 59.4 Å². The number of nitrogens with zero attached hydrogens (tertiary/aromatic N) is 1. The number of hydrogen-bond acceptors (Lipinski definition) is 3. The zero-order valence-electron chi connectivity index (χ0n) is 14.6. The number of carbonyl (C=O) groups is 1. The summed E-state index contributed by atoms with van der Waals surface area (Å²) in [5.41, 5.74) is 3.68. The van der Waals surface area contributed by atoms with Crippen LogP contribution in [0.3, 0.4) is 0 Å². The first-order valence-corrected chi connectivity index (χ1v) is 8.05. The van der Waals surface area contributed by atoms with Crippen LogP contribution in [-0.2, 0) is 11.2 Å². The van der Waals surface area contributed by atoms with Gasteiger partial charge in [-0.1, -0.05) is 25.1 Å². The fourth-order valence-corrected chi connectivity index (χ4v) is 2.75. The number of allylic oxidation sites excluding steroid dienone is 1. The number of pyridine rings is 1. The zero-order valence-corrected chi connectivity index (χ0v) is 14.6. The Morgan fingerprint density at radius 1 is 1.36 bits per heavy atom. The van der Waals surface area contributed by atoms with Gasteiger partial charge in [0.2, 0.25) is 0 Å². The van der Waals surface area contributed by atoms with Crippen molar-refractivity contribution in [2.24, 2.45) is 5.92 Å². The quantitative estimate of drug-likeness (QED) is 0.821. The summed E-state index contributed by atoms with van der Waals surface area (Å²) in [6.45, 7) is 4.33. The number of hydrogen-bond donors (Lipinski definition) is 1. The highest BCUT2D eigenvalue weighted by Gasteiger charge is 2.13. The molecule has 2 rings (SSSR count). The normalized spacial score (nSPS) is 12.9. The van der Waals surface area contributed by atoms with E-state index >= 15 is 0 Å². The second-order valence-electron chi connectivity index (χ2n) is 6.12. The van der Waals surface area contributed by atoms with Gasteiger partial charge in [-0.15, -0.1) is 0 Å². The van der Waals surface area contributed by atoms with Crippen LogP contribution in [0.15, 0.2) is 42.6 Å². The zero-order chi connectivity index (χ0) is 18.4. The van der Waals surface area contributed by atoms with Gasteiger partial charge in [0.15, 0.2) is 0 Å². The van der Waals surface area contributed by atoms with Crippen LogP contribution in [0.1, 0.15) is 34.1 Å². The Hall–Kier alpha value is -2.53. The summed E-state index contributed by atoms with van der Waals surface area (Å²) in [6.07, 6.45) is 4.39. The highest BCUT2D eigenvalue weighted by atomic mass is 19.1. The monoisotopic (exact) mass is 343 g/mol. The number of benzene rings is 1. The molecule has 1 N–H and O–H groups in total. The highest BCUT2D eigenvalue weighted by molar-refractivity contribution is 5.87. The number of aryl methyl sites for hydroxylation is 1. The third-order valence-electron chi connectivity index (χ3n) is 3.92. The molecule has 0 fully saturated rings. The van der Waals surface area contributed by atoms with E-state index in [2.05, 4.69) is 18.0 Å². The molecular weight excluding hydrogens is 321 g/mol. The van der Waals surface area contributed by atoms with Crippen LogP contribution in [0.5, 0.6) is 0 Å². The van der Waals surface area contributed by atoms with E-state index in [-0.39, 0.29) is 17.4 Å². The van der Waals surface area contributed by atoms with Gasteiger partial charge in [-0.05, 0) is 59.7 Å². The maximum Gasteiger partial charge on any atom is 0.354 e. The average molecular weight is 343 g/mol. The van der Waals surface area contributed by atoms with Crippen LogP contribution in [0.2, 0.25) is 0 Å². The summed E-state index contributed by atoms with van der Waals surface area (Å²) >= 11 is 0. The molecule has 0 spiro atoms. The second kappa shape index (κ2) is 8.53. The number of halogens is 1. The smallest absolute Gasteiger partial charge is 0.354 e. The minimum atomic E-state index is -1.06. The molecule has 0 radical (unpaired) electrons. The molecule has 2 aromatic rings. The molecule has 0 aliphatic rings.